The molecule has 2 aromatic rings. The number of pyridine rings is 1. The molecule has 0 saturated carbocycles. The Morgan fingerprint density at radius 3 is 2.56 bits per heavy atom. The van der Waals surface area contributed by atoms with E-state index in [1.54, 1.807) is 13.0 Å². The molecule has 1 unspecified atom stereocenters. The largest absolute Gasteiger partial charge is 0.388 e. The van der Waals surface area contributed by atoms with Crippen LogP contribution in [0, 0.1) is 13.8 Å². The van der Waals surface area contributed by atoms with E-state index in [1.807, 2.05) is 26.0 Å². The molecule has 2 rings (SSSR count). The predicted molar refractivity (Wildman–Crippen MR) is 64.7 cm³/mol. The number of H-pyrrole nitrogens is 1. The van der Waals surface area contributed by atoms with Crippen molar-refractivity contribution in [3.8, 4) is 0 Å². The van der Waals surface area contributed by atoms with Gasteiger partial charge in [0.15, 0.2) is 0 Å². The molecular formula is C13H15NO2. The highest BCUT2D eigenvalue weighted by molar-refractivity contribution is 5.82. The van der Waals surface area contributed by atoms with Crippen LogP contribution in [0.3, 0.4) is 0 Å². The molecule has 3 nitrogen and oxygen atoms in total. The zero-order valence-electron chi connectivity index (χ0n) is 9.66. The number of nitrogens with one attached hydrogen (secondary N) is 1. The Bertz CT molecular complexity index is 597. The Morgan fingerprint density at radius 2 is 1.94 bits per heavy atom. The van der Waals surface area contributed by atoms with E-state index in [-0.39, 0.29) is 5.56 Å². The van der Waals surface area contributed by atoms with Gasteiger partial charge in [0.2, 0.25) is 0 Å². The van der Waals surface area contributed by atoms with Gasteiger partial charge in [-0.25, -0.2) is 0 Å². The first-order valence-corrected chi connectivity index (χ1v) is 5.31. The van der Waals surface area contributed by atoms with Crippen LogP contribution in [0.5, 0.6) is 0 Å². The number of aromatic nitrogens is 1. The van der Waals surface area contributed by atoms with Crippen LogP contribution in [-0.2, 0) is 0 Å². The summed E-state index contributed by atoms with van der Waals surface area (Å²) in [5, 5.41) is 10.4. The molecule has 1 aromatic heterocycles. The minimum absolute atomic E-state index is 0.213. The van der Waals surface area contributed by atoms with Crippen LogP contribution < -0.4 is 5.56 Å². The standard InChI is InChI=1S/C13H15NO2/c1-7-4-8(2)12-10(5-7)6-11(9(3)15)13(16)14-12/h4-6,9,15H,1-3H3,(H,14,16). The summed E-state index contributed by atoms with van der Waals surface area (Å²) in [7, 11) is 0. The summed E-state index contributed by atoms with van der Waals surface area (Å²) in [4.78, 5) is 14.5. The van der Waals surface area contributed by atoms with Gasteiger partial charge in [0.25, 0.3) is 5.56 Å². The topological polar surface area (TPSA) is 53.1 Å². The average molecular weight is 217 g/mol. The van der Waals surface area contributed by atoms with Crippen LogP contribution in [0.4, 0.5) is 0 Å². The first-order chi connectivity index (χ1) is 7.49. The zero-order valence-corrected chi connectivity index (χ0v) is 9.66. The molecule has 1 heterocycles. The van der Waals surface area contributed by atoms with Gasteiger partial charge in [-0.1, -0.05) is 11.6 Å². The molecule has 16 heavy (non-hydrogen) atoms. The van der Waals surface area contributed by atoms with Gasteiger partial charge in [0, 0.05) is 5.56 Å². The molecule has 1 aromatic carbocycles. The van der Waals surface area contributed by atoms with Crippen molar-refractivity contribution < 1.29 is 5.11 Å². The van der Waals surface area contributed by atoms with Crippen molar-refractivity contribution in [1.29, 1.82) is 0 Å². The maximum Gasteiger partial charge on any atom is 0.254 e. The molecule has 0 radical (unpaired) electrons. The first-order valence-electron chi connectivity index (χ1n) is 5.31. The summed E-state index contributed by atoms with van der Waals surface area (Å²) >= 11 is 0. The number of benzene rings is 1. The van der Waals surface area contributed by atoms with Crippen molar-refractivity contribution in [3.63, 3.8) is 0 Å². The number of aliphatic hydroxyl groups excluding tert-OH is 1. The van der Waals surface area contributed by atoms with Crippen LogP contribution in [0.1, 0.15) is 29.7 Å². The first kappa shape index (κ1) is 10.9. The summed E-state index contributed by atoms with van der Waals surface area (Å²) in [5.74, 6) is 0. The molecule has 0 saturated heterocycles. The van der Waals surface area contributed by atoms with Gasteiger partial charge in [0.05, 0.1) is 11.6 Å². The molecule has 0 amide bonds. The quantitative estimate of drug-likeness (QED) is 0.769. The number of fused-ring (bicyclic) bond motifs is 1. The van der Waals surface area contributed by atoms with Gasteiger partial charge in [0.1, 0.15) is 0 Å². The lowest BCUT2D eigenvalue weighted by molar-refractivity contribution is 0.198. The third-order valence-electron chi connectivity index (χ3n) is 2.77. The van der Waals surface area contributed by atoms with Gasteiger partial charge >= 0.3 is 0 Å². The van der Waals surface area contributed by atoms with Gasteiger partial charge < -0.3 is 10.1 Å². The molecule has 1 atom stereocenters. The highest BCUT2D eigenvalue weighted by atomic mass is 16.3. The monoisotopic (exact) mass is 217 g/mol. The highest BCUT2D eigenvalue weighted by Gasteiger charge is 2.09. The van der Waals surface area contributed by atoms with E-state index in [4.69, 9.17) is 0 Å². The lowest BCUT2D eigenvalue weighted by Gasteiger charge is -2.08. The second-order valence-corrected chi connectivity index (χ2v) is 4.28. The van der Waals surface area contributed by atoms with Crippen molar-refractivity contribution in [2.45, 2.75) is 26.9 Å². The van der Waals surface area contributed by atoms with E-state index in [1.165, 1.54) is 0 Å². The van der Waals surface area contributed by atoms with Gasteiger partial charge in [-0.3, -0.25) is 4.79 Å². The molecule has 3 heteroatoms. The van der Waals surface area contributed by atoms with Gasteiger partial charge in [-0.2, -0.15) is 0 Å². The molecule has 0 bridgehead atoms. The number of rotatable bonds is 1. The Labute approximate surface area is 93.7 Å². The highest BCUT2D eigenvalue weighted by Crippen LogP contribution is 2.19. The molecule has 2 N–H and O–H groups in total. The summed E-state index contributed by atoms with van der Waals surface area (Å²) in [6, 6.07) is 5.79. The van der Waals surface area contributed by atoms with Crippen LogP contribution >= 0.6 is 0 Å². The molecule has 0 aliphatic heterocycles. The predicted octanol–water partition coefficient (Wildman–Crippen LogP) is 2.20. The SMILES string of the molecule is Cc1cc(C)c2[nH]c(=O)c(C(C)O)cc2c1. The molecule has 0 fully saturated rings. The Hall–Kier alpha value is -1.61. The van der Waals surface area contributed by atoms with Crippen molar-refractivity contribution >= 4 is 10.9 Å². The van der Waals surface area contributed by atoms with E-state index in [9.17, 15) is 9.90 Å². The maximum absolute atomic E-state index is 11.7. The molecule has 0 aliphatic carbocycles. The third kappa shape index (κ3) is 1.74. The van der Waals surface area contributed by atoms with Crippen molar-refractivity contribution in [2.24, 2.45) is 0 Å². The molecule has 0 spiro atoms. The Balaban J connectivity index is 2.85. The van der Waals surface area contributed by atoms with Crippen molar-refractivity contribution in [1.82, 2.24) is 4.98 Å². The summed E-state index contributed by atoms with van der Waals surface area (Å²) in [6.07, 6.45) is -0.742. The number of hydrogen-bond donors (Lipinski definition) is 2. The number of aromatic amines is 1. The zero-order chi connectivity index (χ0) is 11.9. The fraction of sp³-hybridized carbons (Fsp3) is 0.308. The van der Waals surface area contributed by atoms with Crippen LogP contribution in [0.25, 0.3) is 10.9 Å². The minimum Gasteiger partial charge on any atom is -0.388 e. The van der Waals surface area contributed by atoms with E-state index >= 15 is 0 Å². The van der Waals surface area contributed by atoms with E-state index in [0.29, 0.717) is 5.56 Å². The van der Waals surface area contributed by atoms with Gasteiger partial charge in [-0.05, 0) is 43.9 Å². The Morgan fingerprint density at radius 1 is 1.25 bits per heavy atom. The lowest BCUT2D eigenvalue weighted by atomic mass is 10.0. The number of hydrogen-bond acceptors (Lipinski definition) is 2. The van der Waals surface area contributed by atoms with Gasteiger partial charge in [-0.15, -0.1) is 0 Å². The summed E-state index contributed by atoms with van der Waals surface area (Å²) in [6.45, 7) is 5.58. The van der Waals surface area contributed by atoms with E-state index in [0.717, 1.165) is 22.0 Å². The van der Waals surface area contributed by atoms with Crippen LogP contribution in [-0.4, -0.2) is 10.1 Å². The fourth-order valence-electron chi connectivity index (χ4n) is 2.01. The molecular weight excluding hydrogens is 202 g/mol. The summed E-state index contributed by atoms with van der Waals surface area (Å²) < 4.78 is 0. The fourth-order valence-corrected chi connectivity index (χ4v) is 2.01. The van der Waals surface area contributed by atoms with E-state index < -0.39 is 6.10 Å². The van der Waals surface area contributed by atoms with Crippen LogP contribution in [0.15, 0.2) is 23.0 Å². The average Bonchev–Trinajstić information content (AvgIpc) is 2.18. The number of aliphatic hydroxyl groups is 1. The van der Waals surface area contributed by atoms with Crippen molar-refractivity contribution in [2.75, 3.05) is 0 Å². The minimum atomic E-state index is -0.742. The Kier molecular flexibility index (Phi) is 2.56. The molecule has 84 valence electrons. The smallest absolute Gasteiger partial charge is 0.254 e. The second-order valence-electron chi connectivity index (χ2n) is 4.28. The normalized spacial score (nSPS) is 13.0. The lowest BCUT2D eigenvalue weighted by Crippen LogP contribution is -2.14. The second kappa shape index (κ2) is 3.76. The summed E-state index contributed by atoms with van der Waals surface area (Å²) in [5.41, 5.74) is 3.24. The van der Waals surface area contributed by atoms with E-state index in [2.05, 4.69) is 4.98 Å². The van der Waals surface area contributed by atoms with Crippen molar-refractivity contribution in [3.05, 3.63) is 45.2 Å². The maximum atomic E-state index is 11.7. The third-order valence-corrected chi connectivity index (χ3v) is 2.77. The molecule has 0 aliphatic rings. The van der Waals surface area contributed by atoms with Crippen LogP contribution in [0.2, 0.25) is 0 Å². The number of aryl methyl sites for hydroxylation is 2.